The second kappa shape index (κ2) is 7.95. The summed E-state index contributed by atoms with van der Waals surface area (Å²) in [6.07, 6.45) is 2.79. The van der Waals surface area contributed by atoms with Crippen LogP contribution in [0, 0.1) is 11.8 Å². The summed E-state index contributed by atoms with van der Waals surface area (Å²) in [7, 11) is 1.53. The van der Waals surface area contributed by atoms with Gasteiger partial charge in [0.2, 0.25) is 0 Å². The molecule has 27 heavy (non-hydrogen) atoms. The Kier molecular flexibility index (Phi) is 5.90. The summed E-state index contributed by atoms with van der Waals surface area (Å²) < 4.78 is 8.04. The molecule has 0 aliphatic carbocycles. The standard InChI is InChI=1S/C18H23N5O4/c1-6-7-11-23-12(9-8-10-19-17(26)27-18(2,3)4)20-14-13(23)15(24)21-16(25)22(14)5/h8-9H,10-11H2,1-5H3,(H,19,26)(H,21,24,25). The summed E-state index contributed by atoms with van der Waals surface area (Å²) in [6, 6.07) is 0. The number of aromatic nitrogens is 4. The number of ether oxygens (including phenoxy) is 1. The number of hydrogen-bond acceptors (Lipinski definition) is 5. The van der Waals surface area contributed by atoms with Gasteiger partial charge < -0.3 is 14.6 Å². The normalized spacial score (nSPS) is 11.4. The van der Waals surface area contributed by atoms with Crippen LogP contribution in [-0.2, 0) is 18.3 Å². The van der Waals surface area contributed by atoms with Gasteiger partial charge in [0.15, 0.2) is 11.2 Å². The lowest BCUT2D eigenvalue weighted by Gasteiger charge is -2.19. The fourth-order valence-electron chi connectivity index (χ4n) is 2.32. The highest BCUT2D eigenvalue weighted by Gasteiger charge is 2.16. The molecule has 2 aromatic heterocycles. The number of nitrogens with zero attached hydrogens (tertiary/aromatic N) is 3. The predicted molar refractivity (Wildman–Crippen MR) is 102 cm³/mol. The lowest BCUT2D eigenvalue weighted by molar-refractivity contribution is 0.0534. The van der Waals surface area contributed by atoms with E-state index < -0.39 is 22.9 Å². The van der Waals surface area contributed by atoms with Crippen LogP contribution in [0.15, 0.2) is 15.7 Å². The molecule has 0 aliphatic rings. The van der Waals surface area contributed by atoms with Crippen molar-refractivity contribution in [2.75, 3.05) is 6.54 Å². The molecular formula is C18H23N5O4. The molecule has 0 spiro atoms. The van der Waals surface area contributed by atoms with Gasteiger partial charge in [-0.25, -0.2) is 14.6 Å². The predicted octanol–water partition coefficient (Wildman–Crippen LogP) is 0.984. The molecule has 2 heterocycles. The van der Waals surface area contributed by atoms with E-state index in [-0.39, 0.29) is 24.3 Å². The first-order valence-corrected chi connectivity index (χ1v) is 8.36. The third-order valence-corrected chi connectivity index (χ3v) is 3.48. The van der Waals surface area contributed by atoms with Crippen molar-refractivity contribution in [3.05, 3.63) is 32.7 Å². The summed E-state index contributed by atoms with van der Waals surface area (Å²) in [4.78, 5) is 42.3. The van der Waals surface area contributed by atoms with Crippen LogP contribution in [-0.4, -0.2) is 37.3 Å². The number of hydrogen-bond donors (Lipinski definition) is 2. The maximum Gasteiger partial charge on any atom is 0.407 e. The molecule has 0 unspecified atom stereocenters. The quantitative estimate of drug-likeness (QED) is 0.776. The van der Waals surface area contributed by atoms with Crippen molar-refractivity contribution in [3.63, 3.8) is 0 Å². The van der Waals surface area contributed by atoms with E-state index >= 15 is 0 Å². The molecule has 0 radical (unpaired) electrons. The molecule has 0 bridgehead atoms. The first-order valence-electron chi connectivity index (χ1n) is 8.36. The van der Waals surface area contributed by atoms with E-state index in [0.29, 0.717) is 5.82 Å². The smallest absolute Gasteiger partial charge is 0.407 e. The SMILES string of the molecule is CC#CCn1c(C=CCNC(=O)OC(C)(C)C)nc2c1c(=O)[nH]c(=O)n2C. The number of aromatic amines is 1. The van der Waals surface area contributed by atoms with Crippen LogP contribution in [0.3, 0.4) is 0 Å². The number of H-pyrrole nitrogens is 1. The van der Waals surface area contributed by atoms with Gasteiger partial charge in [0.1, 0.15) is 11.4 Å². The molecule has 2 N–H and O–H groups in total. The number of carbonyl (C=O) groups is 1. The molecule has 0 atom stereocenters. The minimum absolute atomic E-state index is 0.215. The minimum atomic E-state index is -0.577. The highest BCUT2D eigenvalue weighted by molar-refractivity contribution is 5.73. The van der Waals surface area contributed by atoms with Gasteiger partial charge in [-0.05, 0) is 33.8 Å². The van der Waals surface area contributed by atoms with Gasteiger partial charge in [0.05, 0.1) is 6.54 Å². The van der Waals surface area contributed by atoms with Gasteiger partial charge in [-0.1, -0.05) is 12.0 Å². The van der Waals surface area contributed by atoms with Crippen molar-refractivity contribution >= 4 is 23.3 Å². The third kappa shape index (κ3) is 4.88. The van der Waals surface area contributed by atoms with E-state index in [9.17, 15) is 14.4 Å². The van der Waals surface area contributed by atoms with E-state index in [0.717, 1.165) is 0 Å². The second-order valence-corrected chi connectivity index (χ2v) is 6.76. The lowest BCUT2D eigenvalue weighted by Crippen LogP contribution is -2.32. The molecule has 0 saturated carbocycles. The van der Waals surface area contributed by atoms with Crippen LogP contribution < -0.4 is 16.6 Å². The first-order chi connectivity index (χ1) is 12.6. The number of rotatable bonds is 4. The average molecular weight is 373 g/mol. The maximum atomic E-state index is 12.2. The Morgan fingerprint density at radius 3 is 2.70 bits per heavy atom. The molecule has 9 nitrogen and oxygen atoms in total. The Hall–Kier alpha value is -3.28. The van der Waals surface area contributed by atoms with Crippen LogP contribution in [0.4, 0.5) is 4.79 Å². The molecule has 9 heteroatoms. The van der Waals surface area contributed by atoms with Crippen LogP contribution in [0.5, 0.6) is 0 Å². The fourth-order valence-corrected chi connectivity index (χ4v) is 2.32. The van der Waals surface area contributed by atoms with E-state index in [2.05, 4.69) is 27.1 Å². The van der Waals surface area contributed by atoms with E-state index in [4.69, 9.17) is 4.74 Å². The number of amides is 1. The second-order valence-electron chi connectivity index (χ2n) is 6.76. The van der Waals surface area contributed by atoms with Gasteiger partial charge in [-0.3, -0.25) is 14.3 Å². The van der Waals surface area contributed by atoms with Crippen LogP contribution >= 0.6 is 0 Å². The average Bonchev–Trinajstić information content (AvgIpc) is 2.92. The third-order valence-electron chi connectivity index (χ3n) is 3.48. The summed E-state index contributed by atoms with van der Waals surface area (Å²) in [5.41, 5.74) is -1.11. The highest BCUT2D eigenvalue weighted by Crippen LogP contribution is 2.12. The van der Waals surface area contributed by atoms with E-state index in [1.54, 1.807) is 44.4 Å². The Morgan fingerprint density at radius 2 is 2.07 bits per heavy atom. The zero-order valence-electron chi connectivity index (χ0n) is 16.0. The van der Waals surface area contributed by atoms with Gasteiger partial charge >= 0.3 is 11.8 Å². The Bertz CT molecular complexity index is 1050. The summed E-state index contributed by atoms with van der Waals surface area (Å²) >= 11 is 0. The van der Waals surface area contributed by atoms with Crippen molar-refractivity contribution in [1.29, 1.82) is 0 Å². The number of carbonyl (C=O) groups excluding carboxylic acids is 1. The Balaban J connectivity index is 2.31. The molecule has 1 amide bonds. The van der Waals surface area contributed by atoms with Crippen LogP contribution in [0.25, 0.3) is 17.2 Å². The molecule has 0 aliphatic heterocycles. The van der Waals surface area contributed by atoms with Gasteiger partial charge in [-0.2, -0.15) is 0 Å². The van der Waals surface area contributed by atoms with E-state index in [1.165, 1.54) is 11.6 Å². The lowest BCUT2D eigenvalue weighted by atomic mass is 10.2. The van der Waals surface area contributed by atoms with Crippen molar-refractivity contribution in [2.45, 2.75) is 39.8 Å². The molecule has 144 valence electrons. The van der Waals surface area contributed by atoms with Crippen LogP contribution in [0.2, 0.25) is 0 Å². The van der Waals surface area contributed by atoms with Crippen molar-refractivity contribution < 1.29 is 9.53 Å². The zero-order valence-corrected chi connectivity index (χ0v) is 16.0. The summed E-state index contributed by atoms with van der Waals surface area (Å²) in [6.45, 7) is 7.49. The van der Waals surface area contributed by atoms with Gasteiger partial charge in [-0.15, -0.1) is 5.92 Å². The largest absolute Gasteiger partial charge is 0.444 e. The molecule has 0 fully saturated rings. The number of imidazole rings is 1. The van der Waals surface area contributed by atoms with Crippen molar-refractivity contribution in [3.8, 4) is 11.8 Å². The minimum Gasteiger partial charge on any atom is -0.444 e. The Labute approximate surface area is 156 Å². The Morgan fingerprint density at radius 1 is 1.37 bits per heavy atom. The molecule has 2 rings (SSSR count). The molecular weight excluding hydrogens is 350 g/mol. The molecule has 2 aromatic rings. The number of fused-ring (bicyclic) bond motifs is 1. The molecule has 0 aromatic carbocycles. The number of alkyl carbamates (subject to hydrolysis) is 1. The van der Waals surface area contributed by atoms with Crippen LogP contribution in [0.1, 0.15) is 33.5 Å². The summed E-state index contributed by atoms with van der Waals surface area (Å²) in [5, 5.41) is 2.60. The van der Waals surface area contributed by atoms with Crippen molar-refractivity contribution in [2.24, 2.45) is 7.05 Å². The van der Waals surface area contributed by atoms with Gasteiger partial charge in [0.25, 0.3) is 5.56 Å². The zero-order chi connectivity index (χ0) is 20.2. The number of nitrogens with one attached hydrogen (secondary N) is 2. The summed E-state index contributed by atoms with van der Waals surface area (Å²) in [5.74, 6) is 6.11. The monoisotopic (exact) mass is 373 g/mol. The van der Waals surface area contributed by atoms with Gasteiger partial charge in [0, 0.05) is 13.6 Å². The fraction of sp³-hybridized carbons (Fsp3) is 0.444. The maximum absolute atomic E-state index is 12.2. The topological polar surface area (TPSA) is 111 Å². The number of aryl methyl sites for hydroxylation is 1. The highest BCUT2D eigenvalue weighted by atomic mass is 16.6. The van der Waals surface area contributed by atoms with Crippen molar-refractivity contribution in [1.82, 2.24) is 24.4 Å². The first kappa shape index (κ1) is 20.0. The molecule has 0 saturated heterocycles. The van der Waals surface area contributed by atoms with E-state index in [1.807, 2.05) is 0 Å².